The van der Waals surface area contributed by atoms with Gasteiger partial charge >= 0.3 is 0 Å². The lowest BCUT2D eigenvalue weighted by atomic mass is 9.74. The minimum atomic E-state index is -0.712. The molecule has 1 atom stereocenters. The minimum absolute atomic E-state index is 0.100. The van der Waals surface area contributed by atoms with Gasteiger partial charge in [-0.25, -0.2) is 0 Å². The second kappa shape index (κ2) is 6.58. The Labute approximate surface area is 122 Å². The molecule has 1 heterocycles. The molecule has 1 saturated heterocycles. The first-order valence-corrected chi connectivity index (χ1v) is 8.07. The smallest absolute Gasteiger partial charge is 0.243 e. The van der Waals surface area contributed by atoms with Crippen LogP contribution in [0, 0.1) is 16.7 Å². The summed E-state index contributed by atoms with van der Waals surface area (Å²) in [5.74, 6) is 0.100. The van der Waals surface area contributed by atoms with Crippen LogP contribution in [0.3, 0.4) is 0 Å². The van der Waals surface area contributed by atoms with E-state index < -0.39 is 5.41 Å². The largest absolute Gasteiger partial charge is 0.339 e. The first-order chi connectivity index (χ1) is 9.63. The number of nitrogens with zero attached hydrogens (tertiary/aromatic N) is 3. The molecular weight excluding hydrogens is 250 g/mol. The highest BCUT2D eigenvalue weighted by atomic mass is 16.2. The van der Waals surface area contributed by atoms with Gasteiger partial charge in [-0.15, -0.1) is 0 Å². The van der Waals surface area contributed by atoms with Crippen LogP contribution in [0.1, 0.15) is 52.4 Å². The normalized spacial score (nSPS) is 24.9. The molecule has 0 N–H and O–H groups in total. The van der Waals surface area contributed by atoms with Crippen LogP contribution in [-0.2, 0) is 4.79 Å². The van der Waals surface area contributed by atoms with Crippen LogP contribution in [0.25, 0.3) is 0 Å². The Kier molecular flexibility index (Phi) is 5.04. The molecule has 2 fully saturated rings. The van der Waals surface area contributed by atoms with Gasteiger partial charge in [0.25, 0.3) is 0 Å². The molecule has 0 radical (unpaired) electrons. The topological polar surface area (TPSA) is 47.3 Å². The van der Waals surface area contributed by atoms with Gasteiger partial charge in [-0.3, -0.25) is 9.69 Å². The third kappa shape index (κ3) is 2.98. The van der Waals surface area contributed by atoms with Crippen LogP contribution in [-0.4, -0.2) is 47.9 Å². The number of carbonyl (C=O) groups is 1. The molecule has 0 spiro atoms. The molecule has 0 aromatic rings. The molecule has 0 bridgehead atoms. The van der Waals surface area contributed by atoms with E-state index in [0.29, 0.717) is 6.04 Å². The van der Waals surface area contributed by atoms with Gasteiger partial charge in [0.05, 0.1) is 6.07 Å². The monoisotopic (exact) mass is 277 g/mol. The molecule has 4 heteroatoms. The van der Waals surface area contributed by atoms with Crippen LogP contribution in [0.2, 0.25) is 0 Å². The summed E-state index contributed by atoms with van der Waals surface area (Å²) in [5, 5.41) is 9.51. The number of nitriles is 1. The fraction of sp³-hybridized carbons (Fsp3) is 0.875. The summed E-state index contributed by atoms with van der Waals surface area (Å²) in [4.78, 5) is 17.1. The molecule has 20 heavy (non-hydrogen) atoms. The maximum atomic E-state index is 12.7. The van der Waals surface area contributed by atoms with Gasteiger partial charge in [0.2, 0.25) is 5.91 Å². The highest BCUT2D eigenvalue weighted by Crippen LogP contribution is 2.37. The fourth-order valence-corrected chi connectivity index (χ4v) is 3.46. The van der Waals surface area contributed by atoms with Crippen LogP contribution in [0.4, 0.5) is 0 Å². The van der Waals surface area contributed by atoms with E-state index in [1.807, 2.05) is 4.90 Å². The van der Waals surface area contributed by atoms with Gasteiger partial charge in [-0.1, -0.05) is 26.2 Å². The van der Waals surface area contributed by atoms with E-state index in [1.54, 1.807) is 0 Å². The zero-order chi connectivity index (χ0) is 14.6. The highest BCUT2D eigenvalue weighted by molar-refractivity contribution is 5.85. The van der Waals surface area contributed by atoms with Crippen molar-refractivity contribution in [3.8, 4) is 6.07 Å². The van der Waals surface area contributed by atoms with E-state index in [0.717, 1.165) is 58.3 Å². The molecule has 0 aromatic carbocycles. The van der Waals surface area contributed by atoms with Crippen molar-refractivity contribution in [2.45, 2.75) is 58.4 Å². The lowest BCUT2D eigenvalue weighted by molar-refractivity contribution is -0.142. The Hall–Kier alpha value is -1.08. The third-order valence-electron chi connectivity index (χ3n) is 5.15. The molecule has 112 valence electrons. The molecular formula is C16H27N3O. The number of rotatable bonds is 3. The zero-order valence-corrected chi connectivity index (χ0v) is 12.9. The SMILES string of the molecule is CCC(C)N1CCN(C(=O)C2(C#N)CCCCC2)CC1. The van der Waals surface area contributed by atoms with E-state index in [4.69, 9.17) is 0 Å². The summed E-state index contributed by atoms with van der Waals surface area (Å²) in [5.41, 5.74) is -0.712. The Morgan fingerprint density at radius 1 is 1.20 bits per heavy atom. The van der Waals surface area contributed by atoms with Crippen molar-refractivity contribution in [1.82, 2.24) is 9.80 Å². The highest BCUT2D eigenvalue weighted by Gasteiger charge is 2.43. The second-order valence-electron chi connectivity index (χ2n) is 6.34. The van der Waals surface area contributed by atoms with Crippen molar-refractivity contribution < 1.29 is 4.79 Å². The summed E-state index contributed by atoms with van der Waals surface area (Å²) in [7, 11) is 0. The average molecular weight is 277 g/mol. The van der Waals surface area contributed by atoms with E-state index >= 15 is 0 Å². The van der Waals surface area contributed by atoms with Crippen molar-refractivity contribution in [2.75, 3.05) is 26.2 Å². The van der Waals surface area contributed by atoms with Crippen molar-refractivity contribution in [3.63, 3.8) is 0 Å². The van der Waals surface area contributed by atoms with Crippen LogP contribution < -0.4 is 0 Å². The fourth-order valence-electron chi connectivity index (χ4n) is 3.46. The van der Waals surface area contributed by atoms with Gasteiger partial charge < -0.3 is 4.90 Å². The quantitative estimate of drug-likeness (QED) is 0.796. The molecule has 0 aromatic heterocycles. The first-order valence-electron chi connectivity index (χ1n) is 8.07. The van der Waals surface area contributed by atoms with Gasteiger partial charge in [0.15, 0.2) is 0 Å². The third-order valence-corrected chi connectivity index (χ3v) is 5.15. The molecule has 1 amide bonds. The summed E-state index contributed by atoms with van der Waals surface area (Å²) in [6.45, 7) is 7.91. The lowest BCUT2D eigenvalue weighted by Gasteiger charge is -2.41. The Bertz CT molecular complexity index is 374. The number of amides is 1. The minimum Gasteiger partial charge on any atom is -0.339 e. The maximum absolute atomic E-state index is 12.7. The van der Waals surface area contributed by atoms with E-state index in [2.05, 4.69) is 24.8 Å². The summed E-state index contributed by atoms with van der Waals surface area (Å²) < 4.78 is 0. The second-order valence-corrected chi connectivity index (χ2v) is 6.34. The first kappa shape index (κ1) is 15.3. The summed E-state index contributed by atoms with van der Waals surface area (Å²) in [6.07, 6.45) is 5.87. The molecule has 4 nitrogen and oxygen atoms in total. The van der Waals surface area contributed by atoms with Crippen molar-refractivity contribution in [2.24, 2.45) is 5.41 Å². The molecule has 1 saturated carbocycles. The van der Waals surface area contributed by atoms with Gasteiger partial charge in [-0.2, -0.15) is 5.26 Å². The van der Waals surface area contributed by atoms with Crippen LogP contribution in [0.5, 0.6) is 0 Å². The van der Waals surface area contributed by atoms with Crippen molar-refractivity contribution in [3.05, 3.63) is 0 Å². The Morgan fingerprint density at radius 3 is 2.30 bits per heavy atom. The lowest BCUT2D eigenvalue weighted by Crippen LogP contribution is -2.54. The Balaban J connectivity index is 1.96. The van der Waals surface area contributed by atoms with Crippen LogP contribution >= 0.6 is 0 Å². The summed E-state index contributed by atoms with van der Waals surface area (Å²) in [6, 6.07) is 2.94. The average Bonchev–Trinajstić information content (AvgIpc) is 2.54. The Morgan fingerprint density at radius 2 is 1.80 bits per heavy atom. The predicted molar refractivity (Wildman–Crippen MR) is 79.0 cm³/mol. The number of hydrogen-bond acceptors (Lipinski definition) is 3. The zero-order valence-electron chi connectivity index (χ0n) is 12.9. The van der Waals surface area contributed by atoms with Gasteiger partial charge in [0.1, 0.15) is 5.41 Å². The molecule has 2 rings (SSSR count). The van der Waals surface area contributed by atoms with Crippen LogP contribution in [0.15, 0.2) is 0 Å². The van der Waals surface area contributed by atoms with Crippen molar-refractivity contribution >= 4 is 5.91 Å². The van der Waals surface area contributed by atoms with Gasteiger partial charge in [0, 0.05) is 32.2 Å². The van der Waals surface area contributed by atoms with Crippen molar-refractivity contribution in [1.29, 1.82) is 5.26 Å². The van der Waals surface area contributed by atoms with E-state index in [-0.39, 0.29) is 5.91 Å². The summed E-state index contributed by atoms with van der Waals surface area (Å²) >= 11 is 0. The molecule has 2 aliphatic rings. The van der Waals surface area contributed by atoms with Gasteiger partial charge in [-0.05, 0) is 26.2 Å². The molecule has 1 aliphatic heterocycles. The maximum Gasteiger partial charge on any atom is 0.243 e. The molecule has 1 aliphatic carbocycles. The molecule has 1 unspecified atom stereocenters. The van der Waals surface area contributed by atoms with E-state index in [9.17, 15) is 10.1 Å². The number of piperazine rings is 1. The van der Waals surface area contributed by atoms with E-state index in [1.165, 1.54) is 6.42 Å². The number of carbonyl (C=O) groups excluding carboxylic acids is 1. The standard InChI is InChI=1S/C16H27N3O/c1-3-14(2)18-9-11-19(12-10-18)15(20)16(13-17)7-5-4-6-8-16/h14H,3-12H2,1-2H3. The predicted octanol–water partition coefficient (Wildman–Crippen LogP) is 2.40. The number of hydrogen-bond donors (Lipinski definition) is 0.